The van der Waals surface area contributed by atoms with Crippen molar-refractivity contribution in [3.8, 4) is 0 Å². The van der Waals surface area contributed by atoms with Gasteiger partial charge in [-0.25, -0.2) is 0 Å². The van der Waals surface area contributed by atoms with Crippen LogP contribution in [0.5, 0.6) is 0 Å². The molecule has 1 N–H and O–H groups in total. The zero-order valence-corrected chi connectivity index (χ0v) is 12.9. The van der Waals surface area contributed by atoms with Crippen LogP contribution in [-0.2, 0) is 0 Å². The molecule has 1 heterocycles. The molecular weight excluding hydrogens is 234 g/mol. The smallest absolute Gasteiger partial charge is 0.0315 e. The van der Waals surface area contributed by atoms with E-state index < -0.39 is 0 Å². The van der Waals surface area contributed by atoms with Crippen LogP contribution in [0.2, 0.25) is 0 Å². The first-order valence-electron chi connectivity index (χ1n) is 7.55. The van der Waals surface area contributed by atoms with Gasteiger partial charge < -0.3 is 10.2 Å². The van der Waals surface area contributed by atoms with Crippen LogP contribution >= 0.6 is 0 Å². The van der Waals surface area contributed by atoms with Crippen molar-refractivity contribution in [2.45, 2.75) is 52.6 Å². The molecule has 0 aliphatic heterocycles. The first-order valence-corrected chi connectivity index (χ1v) is 7.55. The highest BCUT2D eigenvalue weighted by atomic mass is 15.1. The third-order valence-electron chi connectivity index (χ3n) is 3.72. The molecule has 0 saturated heterocycles. The molecule has 2 unspecified atom stereocenters. The van der Waals surface area contributed by atoms with E-state index >= 15 is 0 Å². The number of aromatic nitrogens is 1. The minimum Gasteiger partial charge on any atom is -0.308 e. The minimum absolute atomic E-state index is 0.372. The number of nitrogens with zero attached hydrogens (tertiary/aromatic N) is 2. The topological polar surface area (TPSA) is 28.2 Å². The van der Waals surface area contributed by atoms with Gasteiger partial charge in [0.05, 0.1) is 0 Å². The van der Waals surface area contributed by atoms with Gasteiger partial charge in [-0.1, -0.05) is 19.9 Å². The summed E-state index contributed by atoms with van der Waals surface area (Å²) in [5.41, 5.74) is 1.26. The molecule has 0 radical (unpaired) electrons. The minimum atomic E-state index is 0.372. The Bertz CT molecular complexity index is 322. The van der Waals surface area contributed by atoms with Gasteiger partial charge in [-0.2, -0.15) is 0 Å². The Morgan fingerprint density at radius 3 is 2.58 bits per heavy atom. The molecule has 0 aliphatic carbocycles. The lowest BCUT2D eigenvalue weighted by molar-refractivity contribution is 0.288. The first kappa shape index (κ1) is 16.1. The average Bonchev–Trinajstić information content (AvgIpc) is 2.44. The van der Waals surface area contributed by atoms with Crippen molar-refractivity contribution in [3.05, 3.63) is 30.1 Å². The molecule has 0 amide bonds. The number of rotatable bonds is 9. The van der Waals surface area contributed by atoms with Crippen molar-refractivity contribution < 1.29 is 0 Å². The van der Waals surface area contributed by atoms with Crippen LogP contribution < -0.4 is 5.32 Å². The van der Waals surface area contributed by atoms with Crippen LogP contribution in [0.3, 0.4) is 0 Å². The number of nitrogens with one attached hydrogen (secondary N) is 1. The number of hydrogen-bond donors (Lipinski definition) is 1. The molecular formula is C16H29N3. The maximum atomic E-state index is 4.17. The van der Waals surface area contributed by atoms with Crippen molar-refractivity contribution in [2.24, 2.45) is 0 Å². The SMILES string of the molecule is CCN(CC)CCCC(C)NC(C)c1cccnc1. The predicted octanol–water partition coefficient (Wildman–Crippen LogP) is 3.24. The van der Waals surface area contributed by atoms with E-state index in [1.807, 2.05) is 18.5 Å². The second kappa shape index (κ2) is 9.05. The average molecular weight is 263 g/mol. The molecule has 0 bridgehead atoms. The van der Waals surface area contributed by atoms with E-state index in [1.54, 1.807) is 0 Å². The number of pyridine rings is 1. The van der Waals surface area contributed by atoms with E-state index in [-0.39, 0.29) is 0 Å². The maximum absolute atomic E-state index is 4.17. The Labute approximate surface area is 118 Å². The quantitative estimate of drug-likeness (QED) is 0.741. The van der Waals surface area contributed by atoms with Crippen LogP contribution in [0.15, 0.2) is 24.5 Å². The van der Waals surface area contributed by atoms with Gasteiger partial charge in [0, 0.05) is 24.5 Å². The normalized spacial score (nSPS) is 14.6. The molecule has 3 nitrogen and oxygen atoms in total. The highest BCUT2D eigenvalue weighted by molar-refractivity contribution is 5.12. The lowest BCUT2D eigenvalue weighted by Gasteiger charge is -2.22. The lowest BCUT2D eigenvalue weighted by atomic mass is 10.1. The van der Waals surface area contributed by atoms with E-state index in [2.05, 4.69) is 49.0 Å². The third kappa shape index (κ3) is 6.17. The summed E-state index contributed by atoms with van der Waals surface area (Å²) in [6, 6.07) is 5.05. The van der Waals surface area contributed by atoms with Gasteiger partial charge in [0.15, 0.2) is 0 Å². The molecule has 0 aliphatic rings. The Morgan fingerprint density at radius 1 is 1.26 bits per heavy atom. The largest absolute Gasteiger partial charge is 0.308 e. The Balaban J connectivity index is 2.25. The lowest BCUT2D eigenvalue weighted by Crippen LogP contribution is -2.31. The Hall–Kier alpha value is -0.930. The zero-order chi connectivity index (χ0) is 14.1. The fourth-order valence-corrected chi connectivity index (χ4v) is 2.40. The highest BCUT2D eigenvalue weighted by Gasteiger charge is 2.09. The van der Waals surface area contributed by atoms with E-state index in [0.29, 0.717) is 12.1 Å². The molecule has 1 aromatic rings. The third-order valence-corrected chi connectivity index (χ3v) is 3.72. The molecule has 3 heteroatoms. The summed E-state index contributed by atoms with van der Waals surface area (Å²) in [6.45, 7) is 12.5. The highest BCUT2D eigenvalue weighted by Crippen LogP contribution is 2.12. The Kier molecular flexibility index (Phi) is 7.68. The van der Waals surface area contributed by atoms with Gasteiger partial charge in [-0.15, -0.1) is 0 Å². The van der Waals surface area contributed by atoms with Crippen molar-refractivity contribution in [2.75, 3.05) is 19.6 Å². The summed E-state index contributed by atoms with van der Waals surface area (Å²) in [5, 5.41) is 3.65. The first-order chi connectivity index (χ1) is 9.17. The van der Waals surface area contributed by atoms with Crippen LogP contribution in [0.4, 0.5) is 0 Å². The molecule has 0 saturated carbocycles. The second-order valence-corrected chi connectivity index (χ2v) is 5.24. The summed E-state index contributed by atoms with van der Waals surface area (Å²) < 4.78 is 0. The molecule has 19 heavy (non-hydrogen) atoms. The van der Waals surface area contributed by atoms with E-state index in [1.165, 1.54) is 24.9 Å². The van der Waals surface area contributed by atoms with Crippen molar-refractivity contribution >= 4 is 0 Å². The van der Waals surface area contributed by atoms with Gasteiger partial charge in [0.1, 0.15) is 0 Å². The van der Waals surface area contributed by atoms with Crippen LogP contribution in [0, 0.1) is 0 Å². The summed E-state index contributed by atoms with van der Waals surface area (Å²) in [5.74, 6) is 0. The summed E-state index contributed by atoms with van der Waals surface area (Å²) in [7, 11) is 0. The molecule has 0 fully saturated rings. The van der Waals surface area contributed by atoms with Gasteiger partial charge in [-0.05, 0) is 58.0 Å². The molecule has 108 valence electrons. The zero-order valence-electron chi connectivity index (χ0n) is 12.9. The molecule has 0 aromatic carbocycles. The molecule has 1 aromatic heterocycles. The standard InChI is InChI=1S/C16H29N3/c1-5-19(6-2)12-8-9-14(3)18-15(4)16-10-7-11-17-13-16/h7,10-11,13-15,18H,5-6,8-9,12H2,1-4H3. The molecule has 2 atom stereocenters. The van der Waals surface area contributed by atoms with Crippen molar-refractivity contribution in [1.29, 1.82) is 0 Å². The summed E-state index contributed by atoms with van der Waals surface area (Å²) in [6.07, 6.45) is 6.25. The predicted molar refractivity (Wildman–Crippen MR) is 82.3 cm³/mol. The Morgan fingerprint density at radius 2 is 2.00 bits per heavy atom. The van der Waals surface area contributed by atoms with Gasteiger partial charge >= 0.3 is 0 Å². The molecule has 0 spiro atoms. The second-order valence-electron chi connectivity index (χ2n) is 5.24. The van der Waals surface area contributed by atoms with Crippen LogP contribution in [0.25, 0.3) is 0 Å². The fraction of sp³-hybridized carbons (Fsp3) is 0.688. The monoisotopic (exact) mass is 263 g/mol. The number of hydrogen-bond acceptors (Lipinski definition) is 3. The van der Waals surface area contributed by atoms with Crippen molar-refractivity contribution in [3.63, 3.8) is 0 Å². The van der Waals surface area contributed by atoms with Crippen molar-refractivity contribution in [1.82, 2.24) is 15.2 Å². The molecule has 1 rings (SSSR count). The summed E-state index contributed by atoms with van der Waals surface area (Å²) >= 11 is 0. The van der Waals surface area contributed by atoms with Gasteiger partial charge in [0.25, 0.3) is 0 Å². The van der Waals surface area contributed by atoms with Crippen LogP contribution in [0.1, 0.15) is 52.1 Å². The fourth-order valence-electron chi connectivity index (χ4n) is 2.40. The van der Waals surface area contributed by atoms with Gasteiger partial charge in [0.2, 0.25) is 0 Å². The van der Waals surface area contributed by atoms with Crippen LogP contribution in [-0.4, -0.2) is 35.6 Å². The van der Waals surface area contributed by atoms with E-state index in [4.69, 9.17) is 0 Å². The maximum Gasteiger partial charge on any atom is 0.0315 e. The van der Waals surface area contributed by atoms with E-state index in [9.17, 15) is 0 Å². The van der Waals surface area contributed by atoms with Gasteiger partial charge in [-0.3, -0.25) is 4.98 Å². The summed E-state index contributed by atoms with van der Waals surface area (Å²) in [4.78, 5) is 6.66. The van der Waals surface area contributed by atoms with E-state index in [0.717, 1.165) is 13.1 Å².